The molecule has 10 heteroatoms. The predicted molar refractivity (Wildman–Crippen MR) is 139 cm³/mol. The van der Waals surface area contributed by atoms with Gasteiger partial charge in [0, 0.05) is 25.2 Å². The third kappa shape index (κ3) is 7.08. The first-order chi connectivity index (χ1) is 17.7. The van der Waals surface area contributed by atoms with Gasteiger partial charge in [0.05, 0.1) is 19.6 Å². The van der Waals surface area contributed by atoms with Crippen LogP contribution in [0.4, 0.5) is 0 Å². The lowest BCUT2D eigenvalue weighted by atomic mass is 9.96. The van der Waals surface area contributed by atoms with Crippen LogP contribution in [-0.2, 0) is 27.4 Å². The summed E-state index contributed by atoms with van der Waals surface area (Å²) in [6, 6.07) is 16.8. The Hall–Kier alpha value is -3.43. The lowest BCUT2D eigenvalue weighted by Crippen LogP contribution is -2.58. The van der Waals surface area contributed by atoms with Gasteiger partial charge in [0.25, 0.3) is 0 Å². The van der Waals surface area contributed by atoms with Crippen molar-refractivity contribution in [1.82, 2.24) is 24.6 Å². The zero-order valence-corrected chi connectivity index (χ0v) is 22.1. The molecule has 1 aliphatic rings. The molecule has 0 N–H and O–H groups in total. The summed E-state index contributed by atoms with van der Waals surface area (Å²) in [6.07, 6.45) is 0.0646. The van der Waals surface area contributed by atoms with E-state index in [1.54, 1.807) is 52.7 Å². The van der Waals surface area contributed by atoms with Crippen LogP contribution in [0.2, 0.25) is 5.02 Å². The normalized spacial score (nSPS) is 17.5. The zero-order chi connectivity index (χ0) is 26.4. The molecule has 37 heavy (non-hydrogen) atoms. The maximum absolute atomic E-state index is 13.3. The Morgan fingerprint density at radius 3 is 2.54 bits per heavy atom. The summed E-state index contributed by atoms with van der Waals surface area (Å²) in [5, 5.41) is 4.91. The summed E-state index contributed by atoms with van der Waals surface area (Å²) in [7, 11) is 1.77. The Kier molecular flexibility index (Phi) is 8.45. The van der Waals surface area contributed by atoms with Crippen molar-refractivity contribution in [1.29, 1.82) is 0 Å². The van der Waals surface area contributed by atoms with Gasteiger partial charge in [0.2, 0.25) is 11.8 Å². The Morgan fingerprint density at radius 2 is 1.86 bits per heavy atom. The molecule has 1 aromatic heterocycles. The van der Waals surface area contributed by atoms with Crippen LogP contribution in [0.1, 0.15) is 23.6 Å². The van der Waals surface area contributed by atoms with E-state index < -0.39 is 5.60 Å². The molecule has 0 radical (unpaired) electrons. The first-order valence-corrected chi connectivity index (χ1v) is 12.6. The first kappa shape index (κ1) is 26.6. The Morgan fingerprint density at radius 1 is 1.14 bits per heavy atom. The van der Waals surface area contributed by atoms with Gasteiger partial charge in [-0.3, -0.25) is 9.59 Å². The standard InChI is InChI=1S/C27H32ClN5O4/c1-20-29-21(2)33(30-20)17-26(35)32-13-14-37-27(18-32,19-36-24-11-9-23(28)10-12-24)15-25(34)31(3)16-22-7-5-4-6-8-22/h4-12H,13-19H2,1-3H3/t27-/m1/s1. The third-order valence-electron chi connectivity index (χ3n) is 6.33. The van der Waals surface area contributed by atoms with E-state index in [0.717, 1.165) is 5.56 Å². The van der Waals surface area contributed by atoms with Crippen molar-refractivity contribution >= 4 is 23.4 Å². The molecule has 4 rings (SSSR count). The van der Waals surface area contributed by atoms with Crippen molar-refractivity contribution in [2.75, 3.05) is 33.4 Å². The number of hydrogen-bond acceptors (Lipinski definition) is 6. The summed E-state index contributed by atoms with van der Waals surface area (Å²) < 4.78 is 13.9. The van der Waals surface area contributed by atoms with Gasteiger partial charge in [-0.2, -0.15) is 5.10 Å². The molecule has 0 bridgehead atoms. The number of benzene rings is 2. The highest BCUT2D eigenvalue weighted by molar-refractivity contribution is 6.30. The molecule has 196 valence electrons. The fourth-order valence-corrected chi connectivity index (χ4v) is 4.47. The van der Waals surface area contributed by atoms with Gasteiger partial charge in [-0.1, -0.05) is 41.9 Å². The minimum absolute atomic E-state index is 0.0646. The molecule has 0 spiro atoms. The summed E-state index contributed by atoms with van der Waals surface area (Å²) in [5.41, 5.74) is 0.0211. The topological polar surface area (TPSA) is 89.8 Å². The van der Waals surface area contributed by atoms with E-state index in [-0.39, 0.29) is 37.9 Å². The Bertz CT molecular complexity index is 1220. The highest BCUT2D eigenvalue weighted by Crippen LogP contribution is 2.26. The summed E-state index contributed by atoms with van der Waals surface area (Å²) in [6.45, 7) is 5.19. The third-order valence-corrected chi connectivity index (χ3v) is 6.58. The fraction of sp³-hybridized carbons (Fsp3) is 0.407. The van der Waals surface area contributed by atoms with Crippen LogP contribution in [0.5, 0.6) is 5.75 Å². The number of carbonyl (C=O) groups is 2. The van der Waals surface area contributed by atoms with Crippen LogP contribution in [0.15, 0.2) is 54.6 Å². The van der Waals surface area contributed by atoms with E-state index >= 15 is 0 Å². The minimum Gasteiger partial charge on any atom is -0.490 e. The SMILES string of the molecule is Cc1nc(C)n(CC(=O)N2CCO[C@](COc3ccc(Cl)cc3)(CC(=O)N(C)Cc3ccccc3)C2)n1. The second kappa shape index (κ2) is 11.7. The van der Waals surface area contributed by atoms with E-state index in [0.29, 0.717) is 42.1 Å². The van der Waals surface area contributed by atoms with E-state index in [4.69, 9.17) is 21.1 Å². The predicted octanol–water partition coefficient (Wildman–Crippen LogP) is 3.27. The van der Waals surface area contributed by atoms with E-state index in [1.807, 2.05) is 37.3 Å². The molecule has 2 aromatic carbocycles. The molecule has 2 amide bonds. The van der Waals surface area contributed by atoms with Gasteiger partial charge >= 0.3 is 0 Å². The number of carbonyl (C=O) groups excluding carboxylic acids is 2. The molecule has 3 aromatic rings. The monoisotopic (exact) mass is 525 g/mol. The average Bonchev–Trinajstić information content (AvgIpc) is 3.20. The molecule has 9 nitrogen and oxygen atoms in total. The zero-order valence-electron chi connectivity index (χ0n) is 21.4. The summed E-state index contributed by atoms with van der Waals surface area (Å²) in [4.78, 5) is 34.2. The first-order valence-electron chi connectivity index (χ1n) is 12.2. The second-order valence-corrected chi connectivity index (χ2v) is 9.80. The number of aromatic nitrogens is 3. The van der Waals surface area contributed by atoms with E-state index in [1.165, 1.54) is 0 Å². The number of hydrogen-bond donors (Lipinski definition) is 0. The van der Waals surface area contributed by atoms with Crippen molar-refractivity contribution in [3.05, 3.63) is 76.8 Å². The minimum atomic E-state index is -1.01. The largest absolute Gasteiger partial charge is 0.490 e. The van der Waals surface area contributed by atoms with Gasteiger partial charge < -0.3 is 19.3 Å². The molecule has 0 saturated carbocycles. The van der Waals surface area contributed by atoms with Gasteiger partial charge in [0.15, 0.2) is 0 Å². The molecule has 2 heterocycles. The van der Waals surface area contributed by atoms with Crippen molar-refractivity contribution in [3.63, 3.8) is 0 Å². The number of amides is 2. The lowest BCUT2D eigenvalue weighted by Gasteiger charge is -2.42. The highest BCUT2D eigenvalue weighted by Gasteiger charge is 2.42. The van der Waals surface area contributed by atoms with Gasteiger partial charge in [-0.25, -0.2) is 9.67 Å². The number of aryl methyl sites for hydroxylation is 2. The number of ether oxygens (including phenoxy) is 2. The molecular weight excluding hydrogens is 494 g/mol. The molecule has 0 unspecified atom stereocenters. The number of rotatable bonds is 9. The summed E-state index contributed by atoms with van der Waals surface area (Å²) >= 11 is 6.00. The second-order valence-electron chi connectivity index (χ2n) is 9.37. The molecule has 1 aliphatic heterocycles. The quantitative estimate of drug-likeness (QED) is 0.426. The van der Waals surface area contributed by atoms with Crippen molar-refractivity contribution in [2.24, 2.45) is 0 Å². The Labute approximate surface area is 221 Å². The van der Waals surface area contributed by atoms with Crippen molar-refractivity contribution in [2.45, 2.75) is 39.0 Å². The highest BCUT2D eigenvalue weighted by atomic mass is 35.5. The maximum atomic E-state index is 13.3. The van der Waals surface area contributed by atoms with E-state index in [2.05, 4.69) is 10.1 Å². The van der Waals surface area contributed by atoms with Gasteiger partial charge in [-0.05, 0) is 43.7 Å². The smallest absolute Gasteiger partial charge is 0.244 e. The maximum Gasteiger partial charge on any atom is 0.244 e. The molecule has 0 aliphatic carbocycles. The molecule has 1 saturated heterocycles. The number of nitrogens with zero attached hydrogens (tertiary/aromatic N) is 5. The van der Waals surface area contributed by atoms with Gasteiger partial charge in [-0.15, -0.1) is 0 Å². The van der Waals surface area contributed by atoms with Crippen LogP contribution in [-0.4, -0.2) is 75.3 Å². The van der Waals surface area contributed by atoms with Crippen molar-refractivity contribution in [3.8, 4) is 5.75 Å². The number of morpholine rings is 1. The fourth-order valence-electron chi connectivity index (χ4n) is 4.34. The van der Waals surface area contributed by atoms with Crippen LogP contribution in [0.25, 0.3) is 0 Å². The molecular formula is C27H32ClN5O4. The Balaban J connectivity index is 1.49. The van der Waals surface area contributed by atoms with Gasteiger partial charge in [0.1, 0.15) is 36.2 Å². The van der Waals surface area contributed by atoms with Crippen molar-refractivity contribution < 1.29 is 19.1 Å². The number of halogens is 1. The van der Waals surface area contributed by atoms with Crippen LogP contribution < -0.4 is 4.74 Å². The summed E-state index contributed by atoms with van der Waals surface area (Å²) in [5.74, 6) is 1.69. The van der Waals surface area contributed by atoms with E-state index in [9.17, 15) is 9.59 Å². The van der Waals surface area contributed by atoms with Crippen LogP contribution in [0, 0.1) is 13.8 Å². The lowest BCUT2D eigenvalue weighted by molar-refractivity contribution is -0.166. The van der Waals surface area contributed by atoms with Crippen LogP contribution >= 0.6 is 11.6 Å². The average molecular weight is 526 g/mol. The molecule has 1 fully saturated rings. The molecule has 1 atom stereocenters. The van der Waals surface area contributed by atoms with Crippen LogP contribution in [0.3, 0.4) is 0 Å².